The maximum atomic E-state index is 14.4. The van der Waals surface area contributed by atoms with Crippen LogP contribution in [-0.2, 0) is 19.6 Å². The first kappa shape index (κ1) is 24.3. The molecule has 36 heavy (non-hydrogen) atoms. The molecule has 0 radical (unpaired) electrons. The number of rotatable bonds is 8. The van der Waals surface area contributed by atoms with Crippen LogP contribution in [0.2, 0.25) is 0 Å². The standard InChI is InChI=1S/C29H33FN4O2/c1-35-24-12-13-25(30)23(18-24)19-32-14-7-15-33(17-16-32)21-29-31-26-9-4-5-10-27(26)34(29)20-22-8-3-6-11-28(22)36-2/h3-6,8-13,18H,7,14-17,19-21H2,1-2H3. The Labute approximate surface area is 211 Å². The first-order valence-electron chi connectivity index (χ1n) is 12.5. The molecule has 2 heterocycles. The molecule has 1 aliphatic heterocycles. The van der Waals surface area contributed by atoms with Gasteiger partial charge in [-0.2, -0.15) is 0 Å². The van der Waals surface area contributed by atoms with Gasteiger partial charge in [0.1, 0.15) is 23.1 Å². The summed E-state index contributed by atoms with van der Waals surface area (Å²) < 4.78 is 27.6. The lowest BCUT2D eigenvalue weighted by atomic mass is 10.2. The van der Waals surface area contributed by atoms with Crippen molar-refractivity contribution in [3.8, 4) is 11.5 Å². The smallest absolute Gasteiger partial charge is 0.127 e. The predicted octanol–water partition coefficient (Wildman–Crippen LogP) is 4.95. The zero-order chi connectivity index (χ0) is 24.9. The van der Waals surface area contributed by atoms with E-state index in [-0.39, 0.29) is 5.82 Å². The molecule has 0 spiro atoms. The van der Waals surface area contributed by atoms with Crippen LogP contribution in [0, 0.1) is 5.82 Å². The van der Waals surface area contributed by atoms with Crippen LogP contribution in [0.4, 0.5) is 4.39 Å². The van der Waals surface area contributed by atoms with Crippen LogP contribution in [0.3, 0.4) is 0 Å². The molecule has 4 aromatic rings. The fourth-order valence-corrected chi connectivity index (χ4v) is 5.01. The number of hydrogen-bond acceptors (Lipinski definition) is 5. The van der Waals surface area contributed by atoms with Crippen LogP contribution in [0.25, 0.3) is 11.0 Å². The van der Waals surface area contributed by atoms with E-state index in [0.29, 0.717) is 24.4 Å². The lowest BCUT2D eigenvalue weighted by molar-refractivity contribution is 0.240. The second-order valence-corrected chi connectivity index (χ2v) is 9.28. The zero-order valence-corrected chi connectivity index (χ0v) is 21.0. The highest BCUT2D eigenvalue weighted by Gasteiger charge is 2.20. The van der Waals surface area contributed by atoms with Gasteiger partial charge in [-0.1, -0.05) is 30.3 Å². The zero-order valence-electron chi connectivity index (χ0n) is 21.0. The Balaban J connectivity index is 1.32. The number of aromatic nitrogens is 2. The van der Waals surface area contributed by atoms with Gasteiger partial charge in [0.15, 0.2) is 0 Å². The van der Waals surface area contributed by atoms with Gasteiger partial charge >= 0.3 is 0 Å². The summed E-state index contributed by atoms with van der Waals surface area (Å²) >= 11 is 0. The molecule has 1 aromatic heterocycles. The third kappa shape index (κ3) is 5.37. The van der Waals surface area contributed by atoms with Crippen LogP contribution in [-0.4, -0.2) is 59.7 Å². The third-order valence-electron chi connectivity index (χ3n) is 6.95. The molecule has 5 rings (SSSR count). The Morgan fingerprint density at radius 1 is 0.778 bits per heavy atom. The van der Waals surface area contributed by atoms with E-state index < -0.39 is 0 Å². The minimum atomic E-state index is -0.179. The Hall–Kier alpha value is -3.42. The van der Waals surface area contributed by atoms with Crippen molar-refractivity contribution < 1.29 is 13.9 Å². The predicted molar refractivity (Wildman–Crippen MR) is 140 cm³/mol. The summed E-state index contributed by atoms with van der Waals surface area (Å²) in [4.78, 5) is 9.80. The van der Waals surface area contributed by atoms with E-state index in [4.69, 9.17) is 14.5 Å². The second kappa shape index (κ2) is 11.1. The van der Waals surface area contributed by atoms with E-state index in [1.807, 2.05) is 24.3 Å². The Morgan fingerprint density at radius 2 is 1.53 bits per heavy atom. The summed E-state index contributed by atoms with van der Waals surface area (Å²) in [5, 5.41) is 0. The number of benzene rings is 3. The average molecular weight is 489 g/mol. The fraction of sp³-hybridized carbons (Fsp3) is 0.345. The third-order valence-corrected chi connectivity index (χ3v) is 6.95. The fourth-order valence-electron chi connectivity index (χ4n) is 5.01. The van der Waals surface area contributed by atoms with Crippen LogP contribution in [0.15, 0.2) is 66.7 Å². The Bertz CT molecular complexity index is 1320. The highest BCUT2D eigenvalue weighted by Crippen LogP contribution is 2.24. The molecule has 0 saturated carbocycles. The van der Waals surface area contributed by atoms with E-state index in [0.717, 1.165) is 67.3 Å². The van der Waals surface area contributed by atoms with Gasteiger partial charge in [0.05, 0.1) is 38.3 Å². The van der Waals surface area contributed by atoms with Gasteiger partial charge in [0.25, 0.3) is 0 Å². The van der Waals surface area contributed by atoms with E-state index >= 15 is 0 Å². The van der Waals surface area contributed by atoms with Crippen molar-refractivity contribution in [1.82, 2.24) is 19.4 Å². The van der Waals surface area contributed by atoms with Crippen molar-refractivity contribution in [1.29, 1.82) is 0 Å². The van der Waals surface area contributed by atoms with Crippen molar-refractivity contribution in [2.75, 3.05) is 40.4 Å². The minimum absolute atomic E-state index is 0.179. The molecule has 0 amide bonds. The lowest BCUT2D eigenvalue weighted by Crippen LogP contribution is -2.31. The molecule has 0 bridgehead atoms. The molecule has 1 fully saturated rings. The summed E-state index contributed by atoms with van der Waals surface area (Å²) in [7, 11) is 3.33. The summed E-state index contributed by atoms with van der Waals surface area (Å²) in [6, 6.07) is 21.4. The molecule has 0 unspecified atom stereocenters. The maximum absolute atomic E-state index is 14.4. The number of hydrogen-bond donors (Lipinski definition) is 0. The number of halogens is 1. The van der Waals surface area contributed by atoms with Crippen molar-refractivity contribution in [3.05, 3.63) is 89.5 Å². The minimum Gasteiger partial charge on any atom is -0.497 e. The number of para-hydroxylation sites is 3. The van der Waals surface area contributed by atoms with E-state index in [2.05, 4.69) is 38.6 Å². The molecule has 1 aliphatic rings. The SMILES string of the molecule is COc1ccc(F)c(CN2CCCN(Cc3nc4ccccc4n3Cc3ccccc3OC)CC2)c1. The summed E-state index contributed by atoms with van der Waals surface area (Å²) in [6.07, 6.45) is 1.03. The van der Waals surface area contributed by atoms with Gasteiger partial charge in [0, 0.05) is 30.8 Å². The maximum Gasteiger partial charge on any atom is 0.127 e. The van der Waals surface area contributed by atoms with Gasteiger partial charge in [-0.3, -0.25) is 9.80 Å². The first-order valence-corrected chi connectivity index (χ1v) is 12.5. The molecule has 7 heteroatoms. The summed E-state index contributed by atoms with van der Waals surface area (Å²) in [5.41, 5.74) is 3.95. The molecule has 0 aliphatic carbocycles. The van der Waals surface area contributed by atoms with Gasteiger partial charge in [0.2, 0.25) is 0 Å². The van der Waals surface area contributed by atoms with Crippen molar-refractivity contribution in [3.63, 3.8) is 0 Å². The van der Waals surface area contributed by atoms with Gasteiger partial charge in [-0.15, -0.1) is 0 Å². The highest BCUT2D eigenvalue weighted by atomic mass is 19.1. The molecule has 0 atom stereocenters. The Kier molecular flexibility index (Phi) is 7.49. The number of methoxy groups -OCH3 is 2. The molecule has 188 valence electrons. The largest absolute Gasteiger partial charge is 0.497 e. The molecule has 0 N–H and O–H groups in total. The van der Waals surface area contributed by atoms with E-state index in [1.54, 1.807) is 26.4 Å². The number of fused-ring (bicyclic) bond motifs is 1. The number of ether oxygens (including phenoxy) is 2. The van der Waals surface area contributed by atoms with Crippen molar-refractivity contribution in [2.45, 2.75) is 26.1 Å². The number of imidazole rings is 1. The number of nitrogens with zero attached hydrogens (tertiary/aromatic N) is 4. The highest BCUT2D eigenvalue weighted by molar-refractivity contribution is 5.76. The summed E-state index contributed by atoms with van der Waals surface area (Å²) in [5.74, 6) is 2.45. The van der Waals surface area contributed by atoms with Crippen LogP contribution in [0.5, 0.6) is 11.5 Å². The lowest BCUT2D eigenvalue weighted by Gasteiger charge is -2.22. The van der Waals surface area contributed by atoms with Crippen LogP contribution in [0.1, 0.15) is 23.4 Å². The van der Waals surface area contributed by atoms with Crippen molar-refractivity contribution in [2.24, 2.45) is 0 Å². The second-order valence-electron chi connectivity index (χ2n) is 9.28. The molecular weight excluding hydrogens is 455 g/mol. The van der Waals surface area contributed by atoms with Gasteiger partial charge < -0.3 is 14.0 Å². The molecule has 6 nitrogen and oxygen atoms in total. The topological polar surface area (TPSA) is 42.8 Å². The molecule has 3 aromatic carbocycles. The van der Waals surface area contributed by atoms with Crippen LogP contribution >= 0.6 is 0 Å². The average Bonchev–Trinajstić information content (AvgIpc) is 3.08. The van der Waals surface area contributed by atoms with Crippen LogP contribution < -0.4 is 9.47 Å². The molecular formula is C29H33FN4O2. The van der Waals surface area contributed by atoms with Gasteiger partial charge in [-0.25, -0.2) is 9.37 Å². The monoisotopic (exact) mass is 488 g/mol. The van der Waals surface area contributed by atoms with E-state index in [9.17, 15) is 4.39 Å². The molecule has 1 saturated heterocycles. The first-order chi connectivity index (χ1) is 17.6. The normalized spacial score (nSPS) is 15.2. The van der Waals surface area contributed by atoms with Crippen molar-refractivity contribution >= 4 is 11.0 Å². The van der Waals surface area contributed by atoms with E-state index in [1.165, 1.54) is 6.07 Å². The quantitative estimate of drug-likeness (QED) is 0.351. The Morgan fingerprint density at radius 3 is 2.33 bits per heavy atom. The summed E-state index contributed by atoms with van der Waals surface area (Å²) in [6.45, 7) is 5.76. The van der Waals surface area contributed by atoms with Gasteiger partial charge in [-0.05, 0) is 55.9 Å².